The topological polar surface area (TPSA) is 118 Å². The van der Waals surface area contributed by atoms with Crippen LogP contribution in [0.2, 0.25) is 0 Å². The molecule has 0 fully saturated rings. The summed E-state index contributed by atoms with van der Waals surface area (Å²) < 4.78 is 29.9. The minimum atomic E-state index is -0.420. The number of hydrogen-bond acceptors (Lipinski definition) is 6. The smallest absolute Gasteiger partial charge is 0.203 e. The van der Waals surface area contributed by atoms with Crippen molar-refractivity contribution in [1.29, 1.82) is 0 Å². The Labute approximate surface area is 161 Å². The highest BCUT2D eigenvalue weighted by Gasteiger charge is 2.18. The van der Waals surface area contributed by atoms with Gasteiger partial charge in [-0.15, -0.1) is 0 Å². The first-order valence-electron chi connectivity index (χ1n) is 8.30. The van der Waals surface area contributed by atoms with Crippen molar-refractivity contribution in [1.82, 2.24) is 9.97 Å². The van der Waals surface area contributed by atoms with Crippen LogP contribution in [0.1, 0.15) is 11.4 Å². The SMILES string of the molecule is COc1ccc(Cc2nc(N=C(N)N)c3ccc(F)cc3n2)c(OC)c1OC. The van der Waals surface area contributed by atoms with Gasteiger partial charge in [0.05, 0.1) is 26.8 Å². The van der Waals surface area contributed by atoms with Gasteiger partial charge in [0, 0.05) is 23.4 Å². The lowest BCUT2D eigenvalue weighted by Gasteiger charge is -2.15. The standard InChI is InChI=1S/C19H20FN5O3/c1-26-14-7-4-10(16(27-2)17(14)28-3)8-15-23-13-9-11(20)5-6-12(13)18(24-15)25-19(21)22/h4-7,9H,8H2,1-3H3,(H4,21,22,23,24,25). The molecule has 8 nitrogen and oxygen atoms in total. The summed E-state index contributed by atoms with van der Waals surface area (Å²) in [6.45, 7) is 0. The van der Waals surface area contributed by atoms with Crippen LogP contribution in [0.5, 0.6) is 17.2 Å². The van der Waals surface area contributed by atoms with E-state index in [1.54, 1.807) is 13.2 Å². The van der Waals surface area contributed by atoms with E-state index in [1.807, 2.05) is 6.07 Å². The summed E-state index contributed by atoms with van der Waals surface area (Å²) >= 11 is 0. The normalized spacial score (nSPS) is 10.6. The fourth-order valence-corrected chi connectivity index (χ4v) is 2.89. The van der Waals surface area contributed by atoms with Crippen LogP contribution in [0.25, 0.3) is 10.9 Å². The lowest BCUT2D eigenvalue weighted by atomic mass is 10.1. The van der Waals surface area contributed by atoms with E-state index in [0.717, 1.165) is 5.56 Å². The van der Waals surface area contributed by atoms with Gasteiger partial charge >= 0.3 is 0 Å². The summed E-state index contributed by atoms with van der Waals surface area (Å²) in [6.07, 6.45) is 0.281. The van der Waals surface area contributed by atoms with Gasteiger partial charge in [0.15, 0.2) is 23.3 Å². The second-order valence-corrected chi connectivity index (χ2v) is 5.83. The molecule has 28 heavy (non-hydrogen) atoms. The summed E-state index contributed by atoms with van der Waals surface area (Å²) in [7, 11) is 4.60. The van der Waals surface area contributed by atoms with Gasteiger partial charge < -0.3 is 25.7 Å². The number of guanidine groups is 1. The Kier molecular flexibility index (Phi) is 5.44. The Morgan fingerprint density at radius 3 is 2.39 bits per heavy atom. The van der Waals surface area contributed by atoms with Gasteiger partial charge in [0.2, 0.25) is 5.75 Å². The Balaban J connectivity index is 2.14. The van der Waals surface area contributed by atoms with Crippen molar-refractivity contribution in [3.63, 3.8) is 0 Å². The van der Waals surface area contributed by atoms with E-state index >= 15 is 0 Å². The van der Waals surface area contributed by atoms with Crippen LogP contribution in [0.3, 0.4) is 0 Å². The third kappa shape index (κ3) is 3.73. The third-order valence-corrected chi connectivity index (χ3v) is 4.05. The number of aliphatic imine (C=N–C) groups is 1. The average molecular weight is 385 g/mol. The van der Waals surface area contributed by atoms with Crippen molar-refractivity contribution in [2.75, 3.05) is 21.3 Å². The van der Waals surface area contributed by atoms with Crippen LogP contribution < -0.4 is 25.7 Å². The molecule has 146 valence electrons. The molecule has 0 bridgehead atoms. The summed E-state index contributed by atoms with van der Waals surface area (Å²) in [5.74, 6) is 1.57. The van der Waals surface area contributed by atoms with Crippen molar-refractivity contribution < 1.29 is 18.6 Å². The molecule has 0 amide bonds. The Morgan fingerprint density at radius 2 is 1.75 bits per heavy atom. The quantitative estimate of drug-likeness (QED) is 0.494. The summed E-state index contributed by atoms with van der Waals surface area (Å²) in [4.78, 5) is 12.9. The molecule has 3 aromatic rings. The molecule has 2 aromatic carbocycles. The van der Waals surface area contributed by atoms with Crippen molar-refractivity contribution in [2.45, 2.75) is 6.42 Å². The minimum Gasteiger partial charge on any atom is -0.493 e. The second kappa shape index (κ2) is 7.95. The number of fused-ring (bicyclic) bond motifs is 1. The van der Waals surface area contributed by atoms with E-state index in [4.69, 9.17) is 25.7 Å². The van der Waals surface area contributed by atoms with E-state index in [2.05, 4.69) is 15.0 Å². The monoisotopic (exact) mass is 385 g/mol. The summed E-state index contributed by atoms with van der Waals surface area (Å²) in [6, 6.07) is 7.72. The molecule has 0 atom stereocenters. The molecule has 0 saturated heterocycles. The Morgan fingerprint density at radius 1 is 1.00 bits per heavy atom. The molecule has 1 aromatic heterocycles. The maximum absolute atomic E-state index is 13.7. The molecule has 4 N–H and O–H groups in total. The van der Waals surface area contributed by atoms with Crippen molar-refractivity contribution in [3.8, 4) is 17.2 Å². The first kappa shape index (κ1) is 19.2. The average Bonchev–Trinajstić information content (AvgIpc) is 2.66. The molecular formula is C19H20FN5O3. The number of ether oxygens (including phenoxy) is 3. The highest BCUT2D eigenvalue weighted by molar-refractivity contribution is 5.91. The molecule has 0 aliphatic carbocycles. The van der Waals surface area contributed by atoms with Gasteiger partial charge in [-0.1, -0.05) is 6.07 Å². The fourth-order valence-electron chi connectivity index (χ4n) is 2.89. The van der Waals surface area contributed by atoms with E-state index in [1.165, 1.54) is 32.4 Å². The maximum atomic E-state index is 13.7. The number of benzene rings is 2. The number of nitrogens with zero attached hydrogens (tertiary/aromatic N) is 3. The van der Waals surface area contributed by atoms with E-state index < -0.39 is 5.82 Å². The van der Waals surface area contributed by atoms with Gasteiger partial charge in [-0.2, -0.15) is 4.99 Å². The molecular weight excluding hydrogens is 365 g/mol. The number of aromatic nitrogens is 2. The fraction of sp³-hybridized carbons (Fsp3) is 0.211. The summed E-state index contributed by atoms with van der Waals surface area (Å²) in [5.41, 5.74) is 12.2. The van der Waals surface area contributed by atoms with Gasteiger partial charge in [-0.3, -0.25) is 0 Å². The zero-order valence-electron chi connectivity index (χ0n) is 15.7. The number of halogens is 1. The van der Waals surface area contributed by atoms with Crippen LogP contribution in [-0.2, 0) is 6.42 Å². The van der Waals surface area contributed by atoms with Crippen molar-refractivity contribution in [3.05, 3.63) is 47.5 Å². The van der Waals surface area contributed by atoms with Crippen LogP contribution >= 0.6 is 0 Å². The van der Waals surface area contributed by atoms with E-state index in [9.17, 15) is 4.39 Å². The summed E-state index contributed by atoms with van der Waals surface area (Å²) in [5, 5.41) is 0.540. The molecule has 0 aliphatic heterocycles. The van der Waals surface area contributed by atoms with Gasteiger partial charge in [0.25, 0.3) is 0 Å². The zero-order chi connectivity index (χ0) is 20.3. The lowest BCUT2D eigenvalue weighted by molar-refractivity contribution is 0.322. The molecule has 0 aliphatic rings. The van der Waals surface area contributed by atoms with Crippen molar-refractivity contribution in [2.24, 2.45) is 16.5 Å². The Hall–Kier alpha value is -3.62. The molecule has 1 heterocycles. The highest BCUT2D eigenvalue weighted by Crippen LogP contribution is 2.40. The predicted octanol–water partition coefficient (Wildman–Crippen LogP) is 2.29. The Bertz CT molecular complexity index is 1050. The molecule has 0 spiro atoms. The number of methoxy groups -OCH3 is 3. The first-order chi connectivity index (χ1) is 13.5. The van der Waals surface area contributed by atoms with Gasteiger partial charge in [0.1, 0.15) is 11.6 Å². The van der Waals surface area contributed by atoms with Crippen LogP contribution in [0, 0.1) is 5.82 Å². The lowest BCUT2D eigenvalue weighted by Crippen LogP contribution is -2.22. The highest BCUT2D eigenvalue weighted by atomic mass is 19.1. The molecule has 0 saturated carbocycles. The number of rotatable bonds is 6. The van der Waals surface area contributed by atoms with Crippen LogP contribution in [0.4, 0.5) is 10.2 Å². The van der Waals surface area contributed by atoms with Crippen molar-refractivity contribution >= 4 is 22.7 Å². The molecule has 3 rings (SSSR count). The van der Waals surface area contributed by atoms with E-state index in [-0.39, 0.29) is 18.2 Å². The van der Waals surface area contributed by atoms with Crippen LogP contribution in [0.15, 0.2) is 35.3 Å². The minimum absolute atomic E-state index is 0.154. The largest absolute Gasteiger partial charge is 0.493 e. The number of nitrogens with two attached hydrogens (primary N) is 2. The maximum Gasteiger partial charge on any atom is 0.203 e. The first-order valence-corrected chi connectivity index (χ1v) is 8.30. The zero-order valence-corrected chi connectivity index (χ0v) is 15.7. The van der Waals surface area contributed by atoms with Crippen LogP contribution in [-0.4, -0.2) is 37.3 Å². The van der Waals surface area contributed by atoms with Gasteiger partial charge in [-0.25, -0.2) is 14.4 Å². The second-order valence-electron chi connectivity index (χ2n) is 5.83. The molecule has 0 radical (unpaired) electrons. The molecule has 0 unspecified atom stereocenters. The molecule has 9 heteroatoms. The van der Waals surface area contributed by atoms with Gasteiger partial charge in [-0.05, 0) is 18.2 Å². The number of hydrogen-bond donors (Lipinski definition) is 2. The predicted molar refractivity (Wildman–Crippen MR) is 104 cm³/mol. The van der Waals surface area contributed by atoms with E-state index in [0.29, 0.717) is 34.0 Å². The third-order valence-electron chi connectivity index (χ3n) is 4.05.